The average Bonchev–Trinajstić information content (AvgIpc) is 2.51. The van der Waals surface area contributed by atoms with Crippen molar-refractivity contribution in [3.05, 3.63) is 0 Å². The van der Waals surface area contributed by atoms with Gasteiger partial charge >= 0.3 is 0 Å². The van der Waals surface area contributed by atoms with Crippen molar-refractivity contribution in [2.24, 2.45) is 17.8 Å². The minimum atomic E-state index is 0.395. The lowest BCUT2D eigenvalue weighted by molar-refractivity contribution is 0.192. The maximum absolute atomic E-state index is 9.54. The van der Waals surface area contributed by atoms with Crippen molar-refractivity contribution in [3.63, 3.8) is 0 Å². The van der Waals surface area contributed by atoms with Crippen molar-refractivity contribution in [1.82, 2.24) is 0 Å². The summed E-state index contributed by atoms with van der Waals surface area (Å²) in [5, 5.41) is 9.54. The summed E-state index contributed by atoms with van der Waals surface area (Å²) in [5.41, 5.74) is 0. The summed E-state index contributed by atoms with van der Waals surface area (Å²) < 4.78 is 0. The fourth-order valence-electron chi connectivity index (χ4n) is 3.53. The average molecular weight is 299 g/mol. The van der Waals surface area contributed by atoms with Crippen molar-refractivity contribution in [2.45, 2.75) is 105 Å². The summed E-state index contributed by atoms with van der Waals surface area (Å²) in [4.78, 5) is 0. The van der Waals surface area contributed by atoms with E-state index in [-0.39, 0.29) is 0 Å². The van der Waals surface area contributed by atoms with Gasteiger partial charge in [0.25, 0.3) is 0 Å². The fraction of sp³-hybridized carbons (Fsp3) is 1.00. The largest absolute Gasteiger partial charge is 0.396 e. The van der Waals surface area contributed by atoms with Crippen LogP contribution in [0.25, 0.3) is 0 Å². The van der Waals surface area contributed by atoms with Gasteiger partial charge < -0.3 is 5.11 Å². The van der Waals surface area contributed by atoms with Gasteiger partial charge in [-0.1, -0.05) is 85.5 Å². The molecule has 0 spiro atoms. The van der Waals surface area contributed by atoms with E-state index < -0.39 is 0 Å². The molecule has 1 nitrogen and oxygen atoms in total. The lowest BCUT2D eigenvalue weighted by Gasteiger charge is -2.24. The Balaban J connectivity index is 4.19. The molecule has 21 heavy (non-hydrogen) atoms. The molecule has 1 heteroatoms. The van der Waals surface area contributed by atoms with Crippen LogP contribution in [-0.4, -0.2) is 11.7 Å². The van der Waals surface area contributed by atoms with Crippen molar-refractivity contribution < 1.29 is 5.11 Å². The van der Waals surface area contributed by atoms with Gasteiger partial charge in [0.15, 0.2) is 0 Å². The van der Waals surface area contributed by atoms with E-state index in [9.17, 15) is 5.11 Å². The lowest BCUT2D eigenvalue weighted by Crippen LogP contribution is -2.13. The van der Waals surface area contributed by atoms with E-state index in [2.05, 4.69) is 27.7 Å². The molecule has 0 aliphatic heterocycles. The third-order valence-corrected chi connectivity index (χ3v) is 5.11. The van der Waals surface area contributed by atoms with Crippen LogP contribution in [0, 0.1) is 17.8 Å². The first-order valence-electron chi connectivity index (χ1n) is 9.82. The minimum absolute atomic E-state index is 0.395. The molecule has 0 saturated carbocycles. The van der Waals surface area contributed by atoms with Gasteiger partial charge in [0.1, 0.15) is 0 Å². The number of unbranched alkanes of at least 4 members (excludes halogenated alkanes) is 2. The van der Waals surface area contributed by atoms with Crippen molar-refractivity contribution in [3.8, 4) is 0 Å². The van der Waals surface area contributed by atoms with E-state index in [1.165, 1.54) is 77.0 Å². The number of aliphatic hydroxyl groups is 1. The van der Waals surface area contributed by atoms with Gasteiger partial charge in [-0.15, -0.1) is 0 Å². The van der Waals surface area contributed by atoms with Crippen molar-refractivity contribution in [1.29, 1.82) is 0 Å². The second-order valence-electron chi connectivity index (χ2n) is 7.08. The molecule has 0 radical (unpaired) electrons. The number of hydrogen-bond acceptors (Lipinski definition) is 1. The highest BCUT2D eigenvalue weighted by Crippen LogP contribution is 2.29. The van der Waals surface area contributed by atoms with E-state index in [0.717, 1.165) is 11.8 Å². The molecule has 0 amide bonds. The predicted molar refractivity (Wildman–Crippen MR) is 95.7 cm³/mol. The Morgan fingerprint density at radius 3 is 1.67 bits per heavy atom. The molecular weight excluding hydrogens is 256 g/mol. The molecule has 128 valence electrons. The summed E-state index contributed by atoms with van der Waals surface area (Å²) in [5.74, 6) is 2.39. The molecule has 0 fully saturated rings. The van der Waals surface area contributed by atoms with Crippen LogP contribution in [0.15, 0.2) is 0 Å². The van der Waals surface area contributed by atoms with Crippen LogP contribution in [0.5, 0.6) is 0 Å². The van der Waals surface area contributed by atoms with Gasteiger partial charge in [-0.3, -0.25) is 0 Å². The topological polar surface area (TPSA) is 20.2 Å². The third-order valence-electron chi connectivity index (χ3n) is 5.11. The van der Waals surface area contributed by atoms with Gasteiger partial charge in [0, 0.05) is 6.61 Å². The fourth-order valence-corrected chi connectivity index (χ4v) is 3.53. The van der Waals surface area contributed by atoms with Crippen LogP contribution in [0.4, 0.5) is 0 Å². The van der Waals surface area contributed by atoms with Crippen LogP contribution in [-0.2, 0) is 0 Å². The van der Waals surface area contributed by atoms with Crippen LogP contribution in [0.1, 0.15) is 105 Å². The first-order chi connectivity index (χ1) is 10.2. The van der Waals surface area contributed by atoms with E-state index >= 15 is 0 Å². The normalized spacial score (nSPS) is 15.9. The predicted octanol–water partition coefficient (Wildman–Crippen LogP) is 6.59. The molecule has 0 aliphatic rings. The Morgan fingerprint density at radius 1 is 0.619 bits per heavy atom. The van der Waals surface area contributed by atoms with E-state index in [1.807, 2.05) is 0 Å². The monoisotopic (exact) mass is 298 g/mol. The lowest BCUT2D eigenvalue weighted by atomic mass is 9.82. The Bertz CT molecular complexity index is 202. The third kappa shape index (κ3) is 11.2. The van der Waals surface area contributed by atoms with E-state index in [4.69, 9.17) is 0 Å². The maximum Gasteiger partial charge on any atom is 0.0459 e. The van der Waals surface area contributed by atoms with Crippen LogP contribution < -0.4 is 0 Å². The first-order valence-corrected chi connectivity index (χ1v) is 9.82. The smallest absolute Gasteiger partial charge is 0.0459 e. The van der Waals surface area contributed by atoms with E-state index in [1.54, 1.807) is 0 Å². The van der Waals surface area contributed by atoms with Gasteiger partial charge in [-0.05, 0) is 37.0 Å². The molecule has 1 N–H and O–H groups in total. The molecule has 0 aromatic carbocycles. The van der Waals surface area contributed by atoms with Crippen LogP contribution >= 0.6 is 0 Å². The standard InChI is InChI=1S/C20H42O/c1-5-9-12-18(8-4)16-19(11-7-3)14-15-20(17-21)13-10-6-2/h18-21H,5-17H2,1-4H3. The SMILES string of the molecule is CCCCC(CO)CCC(CCC)CC(CC)CCCC. The zero-order valence-corrected chi connectivity index (χ0v) is 15.4. The summed E-state index contributed by atoms with van der Waals surface area (Å²) in [6.45, 7) is 9.62. The molecule has 0 aromatic heterocycles. The second kappa shape index (κ2) is 14.9. The molecule has 0 rings (SSSR count). The van der Waals surface area contributed by atoms with Gasteiger partial charge in [0.2, 0.25) is 0 Å². The van der Waals surface area contributed by atoms with E-state index in [0.29, 0.717) is 12.5 Å². The molecule has 3 unspecified atom stereocenters. The summed E-state index contributed by atoms with van der Waals surface area (Å²) in [6.07, 6.45) is 16.0. The quantitative estimate of drug-likeness (QED) is 0.361. The molecule has 0 aromatic rings. The summed E-state index contributed by atoms with van der Waals surface area (Å²) in [7, 11) is 0. The summed E-state index contributed by atoms with van der Waals surface area (Å²) in [6, 6.07) is 0. The summed E-state index contributed by atoms with van der Waals surface area (Å²) >= 11 is 0. The number of hydrogen-bond donors (Lipinski definition) is 1. The highest BCUT2D eigenvalue weighted by Gasteiger charge is 2.16. The second-order valence-corrected chi connectivity index (χ2v) is 7.08. The molecule has 0 heterocycles. The van der Waals surface area contributed by atoms with Crippen LogP contribution in [0.3, 0.4) is 0 Å². The molecule has 0 bridgehead atoms. The first kappa shape index (κ1) is 21.0. The molecule has 3 atom stereocenters. The van der Waals surface area contributed by atoms with Gasteiger partial charge in [-0.2, -0.15) is 0 Å². The Hall–Kier alpha value is -0.0400. The highest BCUT2D eigenvalue weighted by molar-refractivity contribution is 4.69. The number of rotatable bonds is 15. The minimum Gasteiger partial charge on any atom is -0.396 e. The van der Waals surface area contributed by atoms with Crippen molar-refractivity contribution in [2.75, 3.05) is 6.61 Å². The Labute approximate surface area is 134 Å². The van der Waals surface area contributed by atoms with Crippen LogP contribution in [0.2, 0.25) is 0 Å². The van der Waals surface area contributed by atoms with Crippen molar-refractivity contribution >= 4 is 0 Å². The highest BCUT2D eigenvalue weighted by atomic mass is 16.3. The molecule has 0 aliphatic carbocycles. The molecule has 0 saturated heterocycles. The zero-order valence-electron chi connectivity index (χ0n) is 15.4. The van der Waals surface area contributed by atoms with Gasteiger partial charge in [0.05, 0.1) is 0 Å². The Kier molecular flexibility index (Phi) is 14.9. The maximum atomic E-state index is 9.54. The Morgan fingerprint density at radius 2 is 1.19 bits per heavy atom. The molecular formula is C20H42O. The zero-order chi connectivity index (χ0) is 15.9. The van der Waals surface area contributed by atoms with Gasteiger partial charge in [-0.25, -0.2) is 0 Å². The number of aliphatic hydroxyl groups excluding tert-OH is 1.